The third-order valence-corrected chi connectivity index (χ3v) is 3.51. The molecule has 0 heterocycles. The number of rotatable bonds is 10. The first-order valence-corrected chi connectivity index (χ1v) is 6.91. The lowest BCUT2D eigenvalue weighted by molar-refractivity contribution is 0.0874. The van der Waals surface area contributed by atoms with E-state index in [2.05, 4.69) is 39.9 Å². The van der Waals surface area contributed by atoms with Crippen LogP contribution < -0.4 is 5.32 Å². The lowest BCUT2D eigenvalue weighted by atomic mass is 9.79. The SMILES string of the molecule is CCCOCCC(CC)(CC)CNC(C)C. The van der Waals surface area contributed by atoms with Crippen LogP contribution in [0.15, 0.2) is 0 Å². The second-order valence-corrected chi connectivity index (χ2v) is 5.11. The molecule has 0 bridgehead atoms. The van der Waals surface area contributed by atoms with Crippen LogP contribution in [0.2, 0.25) is 0 Å². The molecule has 0 aliphatic heterocycles. The quantitative estimate of drug-likeness (QED) is 0.578. The van der Waals surface area contributed by atoms with E-state index in [-0.39, 0.29) is 0 Å². The number of ether oxygens (including phenoxy) is 1. The lowest BCUT2D eigenvalue weighted by Crippen LogP contribution is -2.37. The molecule has 0 spiro atoms. The molecule has 0 aromatic carbocycles. The first-order valence-electron chi connectivity index (χ1n) is 6.91. The average Bonchev–Trinajstić information content (AvgIpc) is 2.29. The Hall–Kier alpha value is -0.0800. The molecule has 0 saturated carbocycles. The van der Waals surface area contributed by atoms with Crippen molar-refractivity contribution >= 4 is 0 Å². The van der Waals surface area contributed by atoms with Gasteiger partial charge in [0.05, 0.1) is 0 Å². The standard InChI is InChI=1S/C14H31NO/c1-6-10-16-11-9-14(7-2,8-3)12-15-13(4)5/h13,15H,6-12H2,1-5H3. The normalized spacial score (nSPS) is 12.4. The van der Waals surface area contributed by atoms with Crippen LogP contribution in [0.4, 0.5) is 0 Å². The summed E-state index contributed by atoms with van der Waals surface area (Å²) < 4.78 is 5.62. The van der Waals surface area contributed by atoms with Gasteiger partial charge in [-0.15, -0.1) is 0 Å². The highest BCUT2D eigenvalue weighted by molar-refractivity contribution is 4.79. The minimum atomic E-state index is 0.429. The second kappa shape index (κ2) is 9.00. The van der Waals surface area contributed by atoms with E-state index < -0.39 is 0 Å². The topological polar surface area (TPSA) is 21.3 Å². The molecule has 0 rings (SSSR count). The second-order valence-electron chi connectivity index (χ2n) is 5.11. The maximum atomic E-state index is 5.62. The van der Waals surface area contributed by atoms with Crippen LogP contribution in [0.3, 0.4) is 0 Å². The van der Waals surface area contributed by atoms with Gasteiger partial charge in [-0.25, -0.2) is 0 Å². The van der Waals surface area contributed by atoms with Crippen molar-refractivity contribution in [3.63, 3.8) is 0 Å². The Morgan fingerprint density at radius 1 is 1.06 bits per heavy atom. The number of hydrogen-bond acceptors (Lipinski definition) is 2. The molecule has 0 fully saturated rings. The largest absolute Gasteiger partial charge is 0.381 e. The molecule has 16 heavy (non-hydrogen) atoms. The number of nitrogens with one attached hydrogen (secondary N) is 1. The molecule has 0 unspecified atom stereocenters. The fraction of sp³-hybridized carbons (Fsp3) is 1.00. The van der Waals surface area contributed by atoms with E-state index in [1.807, 2.05) is 0 Å². The molecular formula is C14H31NO. The Kier molecular flexibility index (Phi) is 8.96. The van der Waals surface area contributed by atoms with Crippen molar-refractivity contribution in [3.8, 4) is 0 Å². The highest BCUT2D eigenvalue weighted by Gasteiger charge is 2.25. The molecule has 0 radical (unpaired) electrons. The first-order chi connectivity index (χ1) is 7.60. The summed E-state index contributed by atoms with van der Waals surface area (Å²) in [6.07, 6.45) is 4.77. The molecule has 2 heteroatoms. The molecule has 0 saturated heterocycles. The van der Waals surface area contributed by atoms with Crippen molar-refractivity contribution in [1.29, 1.82) is 0 Å². The Balaban J connectivity index is 4.00. The fourth-order valence-corrected chi connectivity index (χ4v) is 1.90. The zero-order valence-electron chi connectivity index (χ0n) is 11.9. The van der Waals surface area contributed by atoms with Crippen LogP contribution in [-0.2, 0) is 4.74 Å². The van der Waals surface area contributed by atoms with Gasteiger partial charge in [-0.2, -0.15) is 0 Å². The molecule has 2 nitrogen and oxygen atoms in total. The average molecular weight is 229 g/mol. The van der Waals surface area contributed by atoms with E-state index in [9.17, 15) is 0 Å². The van der Waals surface area contributed by atoms with Gasteiger partial charge in [0.15, 0.2) is 0 Å². The Bertz CT molecular complexity index is 153. The van der Waals surface area contributed by atoms with Crippen LogP contribution in [0.25, 0.3) is 0 Å². The van der Waals surface area contributed by atoms with Gasteiger partial charge >= 0.3 is 0 Å². The van der Waals surface area contributed by atoms with Gasteiger partial charge in [-0.3, -0.25) is 0 Å². The third kappa shape index (κ3) is 6.49. The maximum Gasteiger partial charge on any atom is 0.0471 e. The van der Waals surface area contributed by atoms with Crippen LogP contribution >= 0.6 is 0 Å². The zero-order valence-corrected chi connectivity index (χ0v) is 11.9. The molecule has 0 aromatic heterocycles. The van der Waals surface area contributed by atoms with Crippen molar-refractivity contribution in [1.82, 2.24) is 5.32 Å². The molecule has 0 atom stereocenters. The summed E-state index contributed by atoms with van der Waals surface area (Å²) in [4.78, 5) is 0. The highest BCUT2D eigenvalue weighted by atomic mass is 16.5. The van der Waals surface area contributed by atoms with Gasteiger partial charge in [0.1, 0.15) is 0 Å². The van der Waals surface area contributed by atoms with Crippen molar-refractivity contribution in [2.45, 2.75) is 66.3 Å². The van der Waals surface area contributed by atoms with Crippen molar-refractivity contribution in [2.24, 2.45) is 5.41 Å². The fourth-order valence-electron chi connectivity index (χ4n) is 1.90. The van der Waals surface area contributed by atoms with Crippen LogP contribution in [0.5, 0.6) is 0 Å². The molecule has 0 aliphatic rings. The minimum Gasteiger partial charge on any atom is -0.381 e. The first kappa shape index (κ1) is 15.9. The van der Waals surface area contributed by atoms with E-state index in [0.29, 0.717) is 11.5 Å². The monoisotopic (exact) mass is 229 g/mol. The zero-order chi connectivity index (χ0) is 12.4. The summed E-state index contributed by atoms with van der Waals surface area (Å²) in [5.74, 6) is 0. The van der Waals surface area contributed by atoms with Gasteiger partial charge < -0.3 is 10.1 Å². The third-order valence-electron chi connectivity index (χ3n) is 3.51. The van der Waals surface area contributed by atoms with E-state index in [4.69, 9.17) is 4.74 Å². The predicted octanol–water partition coefficient (Wildman–Crippen LogP) is 3.61. The summed E-state index contributed by atoms with van der Waals surface area (Å²) >= 11 is 0. The Morgan fingerprint density at radius 2 is 1.69 bits per heavy atom. The predicted molar refractivity (Wildman–Crippen MR) is 71.9 cm³/mol. The Morgan fingerprint density at radius 3 is 2.12 bits per heavy atom. The maximum absolute atomic E-state index is 5.62. The molecule has 0 aromatic rings. The summed E-state index contributed by atoms with van der Waals surface area (Å²) in [5, 5.41) is 3.57. The van der Waals surface area contributed by atoms with Crippen LogP contribution in [-0.4, -0.2) is 25.8 Å². The van der Waals surface area contributed by atoms with E-state index in [1.54, 1.807) is 0 Å². The van der Waals surface area contributed by atoms with E-state index in [0.717, 1.165) is 26.2 Å². The van der Waals surface area contributed by atoms with Crippen molar-refractivity contribution in [3.05, 3.63) is 0 Å². The summed E-state index contributed by atoms with van der Waals surface area (Å²) in [6.45, 7) is 14.1. The number of hydrogen-bond donors (Lipinski definition) is 1. The molecule has 0 amide bonds. The van der Waals surface area contributed by atoms with Gasteiger partial charge in [0.2, 0.25) is 0 Å². The minimum absolute atomic E-state index is 0.429. The van der Waals surface area contributed by atoms with Crippen LogP contribution in [0, 0.1) is 5.41 Å². The molecule has 98 valence electrons. The van der Waals surface area contributed by atoms with Crippen LogP contribution in [0.1, 0.15) is 60.3 Å². The lowest BCUT2D eigenvalue weighted by Gasteiger charge is -2.33. The molecule has 1 N–H and O–H groups in total. The van der Waals surface area contributed by atoms with Gasteiger partial charge in [0.25, 0.3) is 0 Å². The summed E-state index contributed by atoms with van der Waals surface area (Å²) in [7, 11) is 0. The van der Waals surface area contributed by atoms with E-state index >= 15 is 0 Å². The van der Waals surface area contributed by atoms with E-state index in [1.165, 1.54) is 19.3 Å². The molecular weight excluding hydrogens is 198 g/mol. The van der Waals surface area contributed by atoms with Gasteiger partial charge in [-0.05, 0) is 31.1 Å². The summed E-state index contributed by atoms with van der Waals surface area (Å²) in [5.41, 5.74) is 0.429. The van der Waals surface area contributed by atoms with Crippen molar-refractivity contribution in [2.75, 3.05) is 19.8 Å². The smallest absolute Gasteiger partial charge is 0.0471 e. The highest BCUT2D eigenvalue weighted by Crippen LogP contribution is 2.29. The summed E-state index contributed by atoms with van der Waals surface area (Å²) in [6, 6.07) is 0.578. The molecule has 0 aliphatic carbocycles. The van der Waals surface area contributed by atoms with Gasteiger partial charge in [0, 0.05) is 25.8 Å². The Labute approximate surface area is 102 Å². The van der Waals surface area contributed by atoms with Gasteiger partial charge in [-0.1, -0.05) is 34.6 Å². The van der Waals surface area contributed by atoms with Crippen molar-refractivity contribution < 1.29 is 4.74 Å².